The highest BCUT2D eigenvalue weighted by Crippen LogP contribution is 2.41. The van der Waals surface area contributed by atoms with E-state index < -0.39 is 0 Å². The summed E-state index contributed by atoms with van der Waals surface area (Å²) >= 11 is 1.39. The Morgan fingerprint density at radius 1 is 1.32 bits per heavy atom. The second-order valence-electron chi connectivity index (χ2n) is 4.74. The van der Waals surface area contributed by atoms with Crippen molar-refractivity contribution in [1.29, 1.82) is 0 Å². The predicted octanol–water partition coefficient (Wildman–Crippen LogP) is 3.22. The smallest absolute Gasteiger partial charge is 0.180 e. The normalized spacial score (nSPS) is 15.2. The van der Waals surface area contributed by atoms with Crippen LogP contribution in [0, 0.1) is 5.82 Å². The largest absolute Gasteiger partial charge is 0.375 e. The van der Waals surface area contributed by atoms with Gasteiger partial charge in [-0.1, -0.05) is 0 Å². The molecule has 0 unspecified atom stereocenters. The average molecular weight is 274 g/mol. The zero-order chi connectivity index (χ0) is 13.0. The van der Waals surface area contributed by atoms with E-state index in [9.17, 15) is 4.39 Å². The molecule has 1 aliphatic rings. The molecular formula is C13H11FN4S. The highest BCUT2D eigenvalue weighted by Gasteiger charge is 2.29. The Morgan fingerprint density at radius 2 is 2.16 bits per heavy atom. The zero-order valence-electron chi connectivity index (χ0n) is 10.0. The number of anilines is 1. The Bertz CT molecular complexity index is 772. The SMILES string of the molecule is Nc1nc(-c2nc3ccc(F)cc3n2C2CC2)cs1. The Hall–Kier alpha value is -1.95. The van der Waals surface area contributed by atoms with Crippen molar-refractivity contribution in [1.82, 2.24) is 14.5 Å². The fourth-order valence-corrected chi connectivity index (χ4v) is 2.88. The van der Waals surface area contributed by atoms with Gasteiger partial charge in [0.15, 0.2) is 11.0 Å². The number of fused-ring (bicyclic) bond motifs is 1. The summed E-state index contributed by atoms with van der Waals surface area (Å²) in [6, 6.07) is 5.10. The maximum atomic E-state index is 13.4. The summed E-state index contributed by atoms with van der Waals surface area (Å²) in [5.41, 5.74) is 8.09. The van der Waals surface area contributed by atoms with Gasteiger partial charge in [-0.05, 0) is 31.0 Å². The van der Waals surface area contributed by atoms with Gasteiger partial charge >= 0.3 is 0 Å². The topological polar surface area (TPSA) is 56.7 Å². The predicted molar refractivity (Wildman–Crippen MR) is 73.5 cm³/mol. The van der Waals surface area contributed by atoms with Crippen LogP contribution in [0.5, 0.6) is 0 Å². The molecule has 6 heteroatoms. The van der Waals surface area contributed by atoms with E-state index in [0.29, 0.717) is 11.2 Å². The number of rotatable bonds is 2. The molecule has 0 aliphatic heterocycles. The average Bonchev–Trinajstić information content (AvgIpc) is 3.02. The van der Waals surface area contributed by atoms with E-state index in [2.05, 4.69) is 14.5 Å². The Kier molecular flexibility index (Phi) is 2.17. The first-order valence-electron chi connectivity index (χ1n) is 6.11. The Labute approximate surface area is 112 Å². The summed E-state index contributed by atoms with van der Waals surface area (Å²) in [6.07, 6.45) is 2.21. The number of nitrogens with two attached hydrogens (primary N) is 1. The fraction of sp³-hybridized carbons (Fsp3) is 0.231. The third-order valence-electron chi connectivity index (χ3n) is 3.31. The van der Waals surface area contributed by atoms with Crippen LogP contribution in [-0.2, 0) is 0 Å². The number of halogens is 1. The number of hydrogen-bond donors (Lipinski definition) is 1. The van der Waals surface area contributed by atoms with Crippen molar-refractivity contribution in [3.05, 3.63) is 29.4 Å². The van der Waals surface area contributed by atoms with Crippen LogP contribution in [0.25, 0.3) is 22.6 Å². The molecule has 19 heavy (non-hydrogen) atoms. The van der Waals surface area contributed by atoms with E-state index in [1.807, 2.05) is 5.38 Å². The monoisotopic (exact) mass is 274 g/mol. The summed E-state index contributed by atoms with van der Waals surface area (Å²) in [5, 5.41) is 2.42. The molecule has 2 heterocycles. The highest BCUT2D eigenvalue weighted by molar-refractivity contribution is 7.13. The molecule has 4 rings (SSSR count). The Balaban J connectivity index is 2.01. The maximum Gasteiger partial charge on any atom is 0.180 e. The molecule has 1 saturated carbocycles. The number of nitrogen functional groups attached to an aromatic ring is 1. The van der Waals surface area contributed by atoms with Gasteiger partial charge in [0.25, 0.3) is 0 Å². The summed E-state index contributed by atoms with van der Waals surface area (Å²) in [5.74, 6) is 0.551. The summed E-state index contributed by atoms with van der Waals surface area (Å²) in [7, 11) is 0. The molecule has 0 spiro atoms. The second kappa shape index (κ2) is 3.77. The van der Waals surface area contributed by atoms with Gasteiger partial charge in [-0.3, -0.25) is 0 Å². The molecule has 4 nitrogen and oxygen atoms in total. The molecule has 0 radical (unpaired) electrons. The van der Waals surface area contributed by atoms with Gasteiger partial charge in [0.2, 0.25) is 0 Å². The minimum Gasteiger partial charge on any atom is -0.375 e. The van der Waals surface area contributed by atoms with Crippen LogP contribution in [-0.4, -0.2) is 14.5 Å². The summed E-state index contributed by atoms with van der Waals surface area (Å²) < 4.78 is 15.5. The molecule has 1 aromatic carbocycles. The summed E-state index contributed by atoms with van der Waals surface area (Å²) in [6.45, 7) is 0. The lowest BCUT2D eigenvalue weighted by molar-refractivity contribution is 0.628. The number of thiazole rings is 1. The quantitative estimate of drug-likeness (QED) is 0.780. The number of aromatic nitrogens is 3. The lowest BCUT2D eigenvalue weighted by Gasteiger charge is -2.05. The second-order valence-corrected chi connectivity index (χ2v) is 5.63. The van der Waals surface area contributed by atoms with Gasteiger partial charge in [-0.2, -0.15) is 0 Å². The van der Waals surface area contributed by atoms with Crippen molar-refractivity contribution in [3.63, 3.8) is 0 Å². The van der Waals surface area contributed by atoms with E-state index >= 15 is 0 Å². The lowest BCUT2D eigenvalue weighted by Crippen LogP contribution is -1.98. The number of benzene rings is 1. The number of nitrogens with zero attached hydrogens (tertiary/aromatic N) is 3. The summed E-state index contributed by atoms with van der Waals surface area (Å²) in [4.78, 5) is 8.87. The zero-order valence-corrected chi connectivity index (χ0v) is 10.8. The molecule has 1 aliphatic carbocycles. The third kappa shape index (κ3) is 1.71. The van der Waals surface area contributed by atoms with Gasteiger partial charge in [-0.15, -0.1) is 11.3 Å². The molecule has 2 N–H and O–H groups in total. The van der Waals surface area contributed by atoms with Gasteiger partial charge in [0.1, 0.15) is 11.5 Å². The molecule has 0 saturated heterocycles. The molecule has 0 atom stereocenters. The number of hydrogen-bond acceptors (Lipinski definition) is 4. The standard InChI is InChI=1S/C13H11FN4S/c14-7-1-4-9-11(5-7)18(8-2-3-8)12(16-9)10-6-19-13(15)17-10/h1,4-6,8H,2-3H2,(H2,15,17). The van der Waals surface area contributed by atoms with E-state index in [0.717, 1.165) is 35.4 Å². The first-order valence-corrected chi connectivity index (χ1v) is 6.99. The van der Waals surface area contributed by atoms with E-state index in [1.54, 1.807) is 12.1 Å². The number of imidazole rings is 1. The molecular weight excluding hydrogens is 263 g/mol. The van der Waals surface area contributed by atoms with Gasteiger partial charge in [-0.25, -0.2) is 14.4 Å². The van der Waals surface area contributed by atoms with Crippen LogP contribution in [0.2, 0.25) is 0 Å². The lowest BCUT2D eigenvalue weighted by atomic mass is 10.3. The van der Waals surface area contributed by atoms with Crippen LogP contribution in [0.1, 0.15) is 18.9 Å². The van der Waals surface area contributed by atoms with Crippen LogP contribution < -0.4 is 5.73 Å². The van der Waals surface area contributed by atoms with Crippen LogP contribution >= 0.6 is 11.3 Å². The first-order chi connectivity index (χ1) is 9.22. The van der Waals surface area contributed by atoms with Crippen molar-refractivity contribution in [3.8, 4) is 11.5 Å². The van der Waals surface area contributed by atoms with Gasteiger partial charge in [0.05, 0.1) is 11.0 Å². The van der Waals surface area contributed by atoms with Gasteiger partial charge in [0, 0.05) is 11.4 Å². The van der Waals surface area contributed by atoms with Crippen molar-refractivity contribution in [2.24, 2.45) is 0 Å². The molecule has 0 amide bonds. The molecule has 2 aromatic heterocycles. The molecule has 3 aromatic rings. The molecule has 0 bridgehead atoms. The van der Waals surface area contributed by atoms with Crippen molar-refractivity contribution >= 4 is 27.5 Å². The highest BCUT2D eigenvalue weighted by atomic mass is 32.1. The van der Waals surface area contributed by atoms with E-state index in [4.69, 9.17) is 5.73 Å². The Morgan fingerprint density at radius 3 is 2.84 bits per heavy atom. The van der Waals surface area contributed by atoms with Crippen molar-refractivity contribution in [2.45, 2.75) is 18.9 Å². The first kappa shape index (κ1) is 10.9. The fourth-order valence-electron chi connectivity index (χ4n) is 2.34. The van der Waals surface area contributed by atoms with E-state index in [1.165, 1.54) is 17.4 Å². The van der Waals surface area contributed by atoms with Crippen LogP contribution in [0.3, 0.4) is 0 Å². The van der Waals surface area contributed by atoms with Gasteiger partial charge < -0.3 is 10.3 Å². The molecule has 96 valence electrons. The molecule has 1 fully saturated rings. The van der Waals surface area contributed by atoms with E-state index in [-0.39, 0.29) is 5.82 Å². The third-order valence-corrected chi connectivity index (χ3v) is 3.99. The van der Waals surface area contributed by atoms with Crippen LogP contribution in [0.4, 0.5) is 9.52 Å². The minimum absolute atomic E-state index is 0.237. The van der Waals surface area contributed by atoms with Crippen molar-refractivity contribution in [2.75, 3.05) is 5.73 Å². The minimum atomic E-state index is -0.237. The van der Waals surface area contributed by atoms with Crippen molar-refractivity contribution < 1.29 is 4.39 Å². The van der Waals surface area contributed by atoms with Crippen LogP contribution in [0.15, 0.2) is 23.6 Å². The maximum absolute atomic E-state index is 13.4.